The molecule has 0 amide bonds. The van der Waals surface area contributed by atoms with Gasteiger partial charge in [0.15, 0.2) is 17.5 Å². The fraction of sp³-hybridized carbons (Fsp3) is 0.0317. The average Bonchev–Trinajstić information content (AvgIpc) is 4.10. The quantitative estimate of drug-likeness (QED) is 0.159. The lowest BCUT2D eigenvalue weighted by atomic mass is 9.85. The molecule has 0 spiro atoms. The zero-order valence-corrected chi connectivity index (χ0v) is 38.1. The van der Waals surface area contributed by atoms with E-state index in [1.807, 2.05) is 72.4 Å². The van der Waals surface area contributed by atoms with Gasteiger partial charge in [0.1, 0.15) is 11.2 Å². The third-order valence-corrected chi connectivity index (χ3v) is 15.1. The Morgan fingerprint density at radius 2 is 1.01 bits per heavy atom. The summed E-state index contributed by atoms with van der Waals surface area (Å²) < 4.78 is 9.01. The maximum absolute atomic E-state index is 6.60. The predicted molar refractivity (Wildman–Crippen MR) is 284 cm³/mol. The van der Waals surface area contributed by atoms with Gasteiger partial charge in [-0.25, -0.2) is 15.0 Å². The van der Waals surface area contributed by atoms with Crippen LogP contribution >= 0.6 is 11.8 Å². The maximum Gasteiger partial charge on any atom is 0.164 e. The van der Waals surface area contributed by atoms with Gasteiger partial charge in [0.25, 0.3) is 0 Å². The third-order valence-electron chi connectivity index (χ3n) is 13.8. The van der Waals surface area contributed by atoms with Crippen molar-refractivity contribution in [1.82, 2.24) is 19.5 Å². The molecule has 12 aromatic rings. The summed E-state index contributed by atoms with van der Waals surface area (Å²) >= 11 is 1.92. The topological polar surface area (TPSA) is 56.7 Å². The van der Waals surface area contributed by atoms with Crippen LogP contribution in [0.25, 0.3) is 111 Å². The Hall–Kier alpha value is -8.58. The van der Waals surface area contributed by atoms with Crippen molar-refractivity contribution in [3.8, 4) is 62.1 Å². The Morgan fingerprint density at radius 3 is 1.75 bits per heavy atom. The van der Waals surface area contributed by atoms with Crippen LogP contribution in [0.4, 0.5) is 0 Å². The van der Waals surface area contributed by atoms with E-state index in [1.54, 1.807) is 0 Å². The lowest BCUT2D eigenvalue weighted by molar-refractivity contribution is 0.669. The number of para-hydroxylation sites is 1. The Bertz CT molecular complexity index is 4020. The van der Waals surface area contributed by atoms with Gasteiger partial charge in [0, 0.05) is 54.7 Å². The largest absolute Gasteiger partial charge is 0.456 e. The van der Waals surface area contributed by atoms with E-state index in [0.717, 1.165) is 73.0 Å². The van der Waals surface area contributed by atoms with Crippen molar-refractivity contribution in [1.29, 1.82) is 0 Å². The summed E-state index contributed by atoms with van der Waals surface area (Å²) in [7, 11) is 0. The van der Waals surface area contributed by atoms with Crippen LogP contribution in [0.5, 0.6) is 0 Å². The number of hydrogen-bond donors (Lipinski definition) is 0. The summed E-state index contributed by atoms with van der Waals surface area (Å²) in [6.45, 7) is 0. The standard InChI is InChI=1S/C63H40N4OS/c1-4-14-39(15-5-1)61-64-62(40-16-6-2-7-17-40)66-63(65-61)46-19-12-18-45(34-46)48-23-13-24-57-60(48)53-38-43(28-32-56(53)68-57)41-26-30-54-50(35-41)51-36-42(27-31-55(51)67(54)47-20-8-3-9-21-47)44-29-33-59-52(37-44)49-22-10-11-25-58(49)69-59/h1-36,38,52H,37H2. The van der Waals surface area contributed by atoms with Gasteiger partial charge in [-0.1, -0.05) is 170 Å². The van der Waals surface area contributed by atoms with E-state index in [0.29, 0.717) is 23.4 Å². The minimum Gasteiger partial charge on any atom is -0.456 e. The normalized spacial score (nSPS) is 14.3. The van der Waals surface area contributed by atoms with Crippen LogP contribution < -0.4 is 0 Å². The molecule has 69 heavy (non-hydrogen) atoms. The second-order valence-corrected chi connectivity index (χ2v) is 19.0. The molecule has 5 nitrogen and oxygen atoms in total. The highest BCUT2D eigenvalue weighted by Crippen LogP contribution is 2.54. The number of nitrogens with zero attached hydrogens (tertiary/aromatic N) is 4. The number of furan rings is 1. The fourth-order valence-corrected chi connectivity index (χ4v) is 11.7. The maximum atomic E-state index is 6.60. The number of benzene rings is 9. The first-order chi connectivity index (χ1) is 34.2. The van der Waals surface area contributed by atoms with Crippen molar-refractivity contribution in [2.45, 2.75) is 17.2 Å². The second-order valence-electron chi connectivity index (χ2n) is 17.9. The van der Waals surface area contributed by atoms with Gasteiger partial charge in [-0.05, 0) is 117 Å². The van der Waals surface area contributed by atoms with Crippen molar-refractivity contribution in [2.24, 2.45) is 0 Å². The number of rotatable bonds is 7. The highest BCUT2D eigenvalue weighted by molar-refractivity contribution is 8.03. The molecular weight excluding hydrogens is 861 g/mol. The van der Waals surface area contributed by atoms with Crippen molar-refractivity contribution in [3.05, 3.63) is 241 Å². The van der Waals surface area contributed by atoms with Crippen LogP contribution in [0.15, 0.2) is 239 Å². The minimum absolute atomic E-state index is 0.411. The highest BCUT2D eigenvalue weighted by Gasteiger charge is 2.31. The van der Waals surface area contributed by atoms with Crippen LogP contribution in [0, 0.1) is 0 Å². The molecule has 0 saturated carbocycles. The molecule has 6 heteroatoms. The summed E-state index contributed by atoms with van der Waals surface area (Å²) in [5, 5.41) is 4.61. The van der Waals surface area contributed by atoms with Crippen LogP contribution in [0.2, 0.25) is 0 Å². The van der Waals surface area contributed by atoms with Crippen LogP contribution in [-0.2, 0) is 0 Å². The molecule has 1 aliphatic heterocycles. The van der Waals surface area contributed by atoms with Crippen molar-refractivity contribution in [2.75, 3.05) is 0 Å². The number of hydrogen-bond acceptors (Lipinski definition) is 5. The second kappa shape index (κ2) is 16.0. The third kappa shape index (κ3) is 6.75. The van der Waals surface area contributed by atoms with E-state index < -0.39 is 0 Å². The number of thioether (sulfide) groups is 1. The number of aromatic nitrogens is 4. The van der Waals surface area contributed by atoms with Gasteiger partial charge >= 0.3 is 0 Å². The van der Waals surface area contributed by atoms with Crippen molar-refractivity contribution in [3.63, 3.8) is 0 Å². The number of fused-ring (bicyclic) bond motifs is 9. The van der Waals surface area contributed by atoms with Crippen LogP contribution in [0.1, 0.15) is 23.5 Å². The Labute approximate surface area is 402 Å². The average molecular weight is 901 g/mol. The highest BCUT2D eigenvalue weighted by atomic mass is 32.2. The molecule has 2 aliphatic rings. The molecule has 14 rings (SSSR count). The van der Waals surface area contributed by atoms with Gasteiger partial charge in [-0.3, -0.25) is 0 Å². The zero-order valence-electron chi connectivity index (χ0n) is 37.3. The molecule has 1 unspecified atom stereocenters. The first-order valence-electron chi connectivity index (χ1n) is 23.4. The molecule has 3 aromatic heterocycles. The van der Waals surface area contributed by atoms with E-state index in [-0.39, 0.29) is 0 Å². The van der Waals surface area contributed by atoms with E-state index >= 15 is 0 Å². The van der Waals surface area contributed by atoms with Gasteiger partial charge < -0.3 is 8.98 Å². The summed E-state index contributed by atoms with van der Waals surface area (Å²) in [6, 6.07) is 75.3. The fourth-order valence-electron chi connectivity index (χ4n) is 10.5. The zero-order chi connectivity index (χ0) is 45.4. The molecular formula is C63H40N4OS. The van der Waals surface area contributed by atoms with Gasteiger partial charge in [-0.15, -0.1) is 0 Å². The van der Waals surface area contributed by atoms with E-state index in [2.05, 4.69) is 168 Å². The minimum atomic E-state index is 0.411. The van der Waals surface area contributed by atoms with E-state index in [4.69, 9.17) is 19.4 Å². The van der Waals surface area contributed by atoms with Crippen LogP contribution in [0.3, 0.4) is 0 Å². The number of allylic oxidation sites excluding steroid dienone is 4. The molecule has 0 fully saturated rings. The summed E-state index contributed by atoms with van der Waals surface area (Å²) in [5.41, 5.74) is 16.5. The van der Waals surface area contributed by atoms with Gasteiger partial charge in [0.2, 0.25) is 0 Å². The first-order valence-corrected chi connectivity index (χ1v) is 24.2. The summed E-state index contributed by atoms with van der Waals surface area (Å²) in [4.78, 5) is 17.8. The summed E-state index contributed by atoms with van der Waals surface area (Å²) in [5.74, 6) is 2.30. The van der Waals surface area contributed by atoms with E-state index in [9.17, 15) is 0 Å². The van der Waals surface area contributed by atoms with Crippen molar-refractivity contribution < 1.29 is 4.42 Å². The predicted octanol–water partition coefficient (Wildman–Crippen LogP) is 16.8. The van der Waals surface area contributed by atoms with Crippen LogP contribution in [-0.4, -0.2) is 19.5 Å². The van der Waals surface area contributed by atoms with Gasteiger partial charge in [0.05, 0.1) is 11.0 Å². The molecule has 1 atom stereocenters. The lowest BCUT2D eigenvalue weighted by Gasteiger charge is -2.20. The molecule has 324 valence electrons. The molecule has 1 aliphatic carbocycles. The Morgan fingerprint density at radius 1 is 0.435 bits per heavy atom. The Balaban J connectivity index is 0.878. The molecule has 0 saturated heterocycles. The first kappa shape index (κ1) is 39.6. The smallest absolute Gasteiger partial charge is 0.164 e. The van der Waals surface area contributed by atoms with E-state index in [1.165, 1.54) is 48.3 Å². The lowest BCUT2D eigenvalue weighted by Crippen LogP contribution is -2.01. The molecule has 0 radical (unpaired) electrons. The summed E-state index contributed by atoms with van der Waals surface area (Å²) in [6.07, 6.45) is 5.69. The molecule has 4 heterocycles. The monoisotopic (exact) mass is 900 g/mol. The molecule has 0 N–H and O–H groups in total. The molecule has 0 bridgehead atoms. The van der Waals surface area contributed by atoms with Crippen molar-refractivity contribution >= 4 is 61.1 Å². The SMILES string of the molecule is C1=C(c2ccc3c(c2)c2cc(-c4ccc5oc6cccc(-c7cccc(-c8nc(-c9ccccc9)nc(-c9ccccc9)n8)c7)c6c5c4)ccc2n3-c2ccccc2)CC2C(=C1)Sc1ccccc12. The molecule has 9 aromatic carbocycles. The van der Waals surface area contributed by atoms with Gasteiger partial charge in [-0.2, -0.15) is 0 Å². The Kier molecular flexibility index (Phi) is 9.20.